The minimum atomic E-state index is 0.757. The van der Waals surface area contributed by atoms with Crippen LogP contribution in [0.15, 0.2) is 36.5 Å². The summed E-state index contributed by atoms with van der Waals surface area (Å²) in [6, 6.07) is 10.5. The number of halogens is 1. The number of rotatable bonds is 4. The number of aromatic nitrogens is 1. The van der Waals surface area contributed by atoms with Crippen molar-refractivity contribution in [3.05, 3.63) is 42.1 Å². The second-order valence-electron chi connectivity index (χ2n) is 5.62. The van der Waals surface area contributed by atoms with E-state index in [9.17, 15) is 0 Å². The van der Waals surface area contributed by atoms with E-state index in [0.717, 1.165) is 22.8 Å². The number of nitrogens with zero attached hydrogens (tertiary/aromatic N) is 2. The molecule has 0 aliphatic heterocycles. The smallest absolute Gasteiger partial charge is 0.0705 e. The van der Waals surface area contributed by atoms with Crippen LogP contribution in [0.4, 0.5) is 0 Å². The number of pyridine rings is 1. The lowest BCUT2D eigenvalue weighted by atomic mass is 9.85. The molecule has 1 aromatic carbocycles. The first-order valence-electron chi connectivity index (χ1n) is 6.87. The van der Waals surface area contributed by atoms with Gasteiger partial charge < -0.3 is 4.90 Å². The van der Waals surface area contributed by atoms with E-state index in [-0.39, 0.29) is 0 Å². The number of alkyl halides is 1. The summed E-state index contributed by atoms with van der Waals surface area (Å²) in [5, 5.41) is 1.28. The molecule has 0 N–H and O–H groups in total. The highest BCUT2D eigenvalue weighted by atomic mass is 79.9. The molecule has 0 unspecified atom stereocenters. The van der Waals surface area contributed by atoms with Gasteiger partial charge in [0.2, 0.25) is 0 Å². The molecule has 3 rings (SSSR count). The lowest BCUT2D eigenvalue weighted by Gasteiger charge is -2.34. The number of para-hydroxylation sites is 1. The van der Waals surface area contributed by atoms with Crippen LogP contribution in [0.1, 0.15) is 18.4 Å². The summed E-state index contributed by atoms with van der Waals surface area (Å²) in [4.78, 5) is 7.62. The Labute approximate surface area is 123 Å². The molecular weight excluding hydrogens is 300 g/mol. The molecular formula is C16H19BrN2. The van der Waals surface area contributed by atoms with E-state index in [1.54, 1.807) is 0 Å². The Kier molecular flexibility index (Phi) is 3.85. The van der Waals surface area contributed by atoms with E-state index in [1.807, 2.05) is 12.3 Å². The van der Waals surface area contributed by atoms with Gasteiger partial charge in [-0.2, -0.15) is 0 Å². The third kappa shape index (κ3) is 2.98. The lowest BCUT2D eigenvalue weighted by molar-refractivity contribution is 0.208. The van der Waals surface area contributed by atoms with E-state index >= 15 is 0 Å². The Hall–Kier alpha value is -0.930. The van der Waals surface area contributed by atoms with Gasteiger partial charge in [0.1, 0.15) is 0 Å². The average Bonchev–Trinajstić information content (AvgIpc) is 2.37. The number of hydrogen-bond donors (Lipinski definition) is 0. The van der Waals surface area contributed by atoms with Crippen LogP contribution in [0.5, 0.6) is 0 Å². The van der Waals surface area contributed by atoms with Crippen LogP contribution in [0.3, 0.4) is 0 Å². The molecule has 0 bridgehead atoms. The fourth-order valence-electron chi connectivity index (χ4n) is 2.89. The van der Waals surface area contributed by atoms with Gasteiger partial charge in [-0.25, -0.2) is 0 Å². The third-order valence-corrected chi connectivity index (χ3v) is 4.68. The van der Waals surface area contributed by atoms with Crippen molar-refractivity contribution in [3.8, 4) is 0 Å². The summed E-state index contributed by atoms with van der Waals surface area (Å²) in [6.07, 6.45) is 4.56. The van der Waals surface area contributed by atoms with Gasteiger partial charge in [-0.1, -0.05) is 34.1 Å². The molecule has 1 aliphatic rings. The molecule has 1 aliphatic carbocycles. The molecule has 0 amide bonds. The van der Waals surface area contributed by atoms with E-state index in [0.29, 0.717) is 0 Å². The quantitative estimate of drug-likeness (QED) is 0.796. The van der Waals surface area contributed by atoms with Crippen LogP contribution in [-0.4, -0.2) is 28.3 Å². The standard InChI is InChI=1S/C16H19BrN2/c1-19(10-12-8-14(17)9-12)11-13-6-7-18-16-5-3-2-4-15(13)16/h2-7,12,14H,8-11H2,1H3. The van der Waals surface area contributed by atoms with Crippen molar-refractivity contribution in [1.29, 1.82) is 0 Å². The number of hydrogen-bond acceptors (Lipinski definition) is 2. The Morgan fingerprint density at radius 1 is 1.26 bits per heavy atom. The topological polar surface area (TPSA) is 16.1 Å². The summed E-state index contributed by atoms with van der Waals surface area (Å²) in [7, 11) is 2.22. The van der Waals surface area contributed by atoms with Crippen molar-refractivity contribution in [3.63, 3.8) is 0 Å². The van der Waals surface area contributed by atoms with Gasteiger partial charge in [0.25, 0.3) is 0 Å². The van der Waals surface area contributed by atoms with Gasteiger partial charge in [0, 0.05) is 29.5 Å². The second-order valence-corrected chi connectivity index (χ2v) is 6.91. The van der Waals surface area contributed by atoms with Crippen LogP contribution < -0.4 is 0 Å². The first-order valence-corrected chi connectivity index (χ1v) is 7.79. The van der Waals surface area contributed by atoms with Crippen LogP contribution in [0.25, 0.3) is 10.9 Å². The second kappa shape index (κ2) is 5.59. The van der Waals surface area contributed by atoms with Gasteiger partial charge in [-0.05, 0) is 43.5 Å². The lowest BCUT2D eigenvalue weighted by Crippen LogP contribution is -2.34. The van der Waals surface area contributed by atoms with Gasteiger partial charge in [0.15, 0.2) is 0 Å². The molecule has 1 heterocycles. The van der Waals surface area contributed by atoms with E-state index in [4.69, 9.17) is 0 Å². The molecule has 3 heteroatoms. The molecule has 1 fully saturated rings. The zero-order chi connectivity index (χ0) is 13.2. The first kappa shape index (κ1) is 13.1. The Balaban J connectivity index is 1.70. The molecule has 19 heavy (non-hydrogen) atoms. The summed E-state index contributed by atoms with van der Waals surface area (Å²) in [5.41, 5.74) is 2.47. The van der Waals surface area contributed by atoms with Crippen LogP contribution >= 0.6 is 15.9 Å². The zero-order valence-electron chi connectivity index (χ0n) is 11.2. The van der Waals surface area contributed by atoms with Gasteiger partial charge in [-0.3, -0.25) is 4.98 Å². The zero-order valence-corrected chi connectivity index (χ0v) is 12.8. The molecule has 0 spiro atoms. The molecule has 0 atom stereocenters. The average molecular weight is 319 g/mol. The van der Waals surface area contributed by atoms with E-state index < -0.39 is 0 Å². The van der Waals surface area contributed by atoms with Gasteiger partial charge >= 0.3 is 0 Å². The Bertz CT molecular complexity index is 558. The van der Waals surface area contributed by atoms with E-state index in [1.165, 1.54) is 30.3 Å². The summed E-state index contributed by atoms with van der Waals surface area (Å²) in [5.74, 6) is 0.863. The van der Waals surface area contributed by atoms with Crippen molar-refractivity contribution in [2.24, 2.45) is 5.92 Å². The molecule has 1 saturated carbocycles. The number of fused-ring (bicyclic) bond motifs is 1. The van der Waals surface area contributed by atoms with E-state index in [2.05, 4.69) is 57.1 Å². The molecule has 100 valence electrons. The monoisotopic (exact) mass is 318 g/mol. The summed E-state index contributed by atoms with van der Waals surface area (Å²) >= 11 is 3.66. The highest BCUT2D eigenvalue weighted by Crippen LogP contribution is 2.33. The molecule has 0 radical (unpaired) electrons. The SMILES string of the molecule is CN(Cc1ccnc2ccccc12)CC1CC(Br)C1. The summed E-state index contributed by atoms with van der Waals surface area (Å²) < 4.78 is 0. The number of benzene rings is 1. The highest BCUT2D eigenvalue weighted by molar-refractivity contribution is 9.09. The predicted molar refractivity (Wildman–Crippen MR) is 83.5 cm³/mol. The van der Waals surface area contributed by atoms with Crippen molar-refractivity contribution >= 4 is 26.8 Å². The van der Waals surface area contributed by atoms with Crippen LogP contribution in [0, 0.1) is 5.92 Å². The normalized spacial score (nSPS) is 22.7. The first-order chi connectivity index (χ1) is 9.22. The summed E-state index contributed by atoms with van der Waals surface area (Å²) in [6.45, 7) is 2.20. The Morgan fingerprint density at radius 3 is 2.84 bits per heavy atom. The van der Waals surface area contributed by atoms with Crippen molar-refractivity contribution in [2.45, 2.75) is 24.2 Å². The maximum Gasteiger partial charge on any atom is 0.0705 e. The Morgan fingerprint density at radius 2 is 2.05 bits per heavy atom. The van der Waals surface area contributed by atoms with Crippen LogP contribution in [-0.2, 0) is 6.54 Å². The molecule has 2 aromatic rings. The minimum absolute atomic E-state index is 0.757. The van der Waals surface area contributed by atoms with Gasteiger partial charge in [-0.15, -0.1) is 0 Å². The molecule has 2 nitrogen and oxygen atoms in total. The third-order valence-electron chi connectivity index (χ3n) is 3.93. The minimum Gasteiger partial charge on any atom is -0.302 e. The maximum absolute atomic E-state index is 4.42. The van der Waals surface area contributed by atoms with Crippen molar-refractivity contribution < 1.29 is 0 Å². The predicted octanol–water partition coefficient (Wildman–Crippen LogP) is 3.84. The van der Waals surface area contributed by atoms with Crippen molar-refractivity contribution in [2.75, 3.05) is 13.6 Å². The molecule has 0 saturated heterocycles. The van der Waals surface area contributed by atoms with Crippen LogP contribution in [0.2, 0.25) is 0 Å². The highest BCUT2D eigenvalue weighted by Gasteiger charge is 2.27. The fourth-order valence-corrected chi connectivity index (χ4v) is 3.95. The largest absolute Gasteiger partial charge is 0.302 e. The van der Waals surface area contributed by atoms with Crippen molar-refractivity contribution in [1.82, 2.24) is 9.88 Å². The molecule has 1 aromatic heterocycles. The van der Waals surface area contributed by atoms with Gasteiger partial charge in [0.05, 0.1) is 5.52 Å². The maximum atomic E-state index is 4.42. The fraction of sp³-hybridized carbons (Fsp3) is 0.438.